The van der Waals surface area contributed by atoms with Crippen LogP contribution in [-0.2, 0) is 9.59 Å². The van der Waals surface area contributed by atoms with Gasteiger partial charge in [-0.25, -0.2) is 9.97 Å². The normalized spacial score (nSPS) is 16.3. The van der Waals surface area contributed by atoms with Crippen molar-refractivity contribution in [1.29, 1.82) is 0 Å². The van der Waals surface area contributed by atoms with E-state index in [0.29, 0.717) is 140 Å². The van der Waals surface area contributed by atoms with Crippen LogP contribution in [-0.4, -0.2) is 130 Å². The van der Waals surface area contributed by atoms with Gasteiger partial charge in [0, 0.05) is 88.1 Å². The summed E-state index contributed by atoms with van der Waals surface area (Å²) in [5.41, 5.74) is 13.7. The molecule has 4 N–H and O–H groups in total. The lowest BCUT2D eigenvalue weighted by Gasteiger charge is -2.40. The number of nitrogen functional groups attached to an aromatic ring is 2. The van der Waals surface area contributed by atoms with E-state index in [1.165, 1.54) is 0 Å². The fraction of sp³-hybridized carbons (Fsp3) is 0.526. The van der Waals surface area contributed by atoms with Crippen LogP contribution in [0.15, 0.2) is 24.3 Å². The van der Waals surface area contributed by atoms with Crippen molar-refractivity contribution in [3.05, 3.63) is 24.3 Å². The second-order valence-corrected chi connectivity index (χ2v) is 15.9. The van der Waals surface area contributed by atoms with Gasteiger partial charge in [-0.2, -0.15) is 9.97 Å². The molecule has 4 heterocycles. The number of piperazine rings is 2. The van der Waals surface area contributed by atoms with E-state index in [1.54, 1.807) is 52.7 Å². The largest absolute Gasteiger partial charge is 0.493 e. The summed E-state index contributed by atoms with van der Waals surface area (Å²) < 4.78 is 21.7. The summed E-state index contributed by atoms with van der Waals surface area (Å²) in [7, 11) is 8.41. The van der Waals surface area contributed by atoms with Crippen LogP contribution in [0.1, 0.15) is 40.0 Å². The van der Waals surface area contributed by atoms with Crippen molar-refractivity contribution in [2.45, 2.75) is 45.3 Å². The zero-order valence-corrected chi connectivity index (χ0v) is 33.3. The summed E-state index contributed by atoms with van der Waals surface area (Å²) in [6, 6.07) is 7.15. The second-order valence-electron chi connectivity index (χ2n) is 15.9. The number of rotatable bonds is 12. The molecule has 1 unspecified atom stereocenters. The van der Waals surface area contributed by atoms with Crippen LogP contribution < -0.4 is 40.2 Å². The Labute approximate surface area is 322 Å². The van der Waals surface area contributed by atoms with E-state index in [9.17, 15) is 9.59 Å². The molecule has 6 rings (SSSR count). The first-order valence-corrected chi connectivity index (χ1v) is 18.6. The number of aromatic nitrogens is 4. The van der Waals surface area contributed by atoms with Crippen molar-refractivity contribution >= 4 is 65.0 Å². The van der Waals surface area contributed by atoms with Crippen LogP contribution >= 0.6 is 0 Å². The van der Waals surface area contributed by atoms with Gasteiger partial charge in [0.25, 0.3) is 0 Å². The number of hydrogen-bond donors (Lipinski definition) is 2. The molecular weight excluding hydrogens is 703 g/mol. The highest BCUT2D eigenvalue weighted by Crippen LogP contribution is 2.43. The van der Waals surface area contributed by atoms with Crippen molar-refractivity contribution in [2.24, 2.45) is 5.41 Å². The molecule has 2 aromatic heterocycles. The number of fused-ring (bicyclic) bond motifs is 2. The Bertz CT molecular complexity index is 1920. The Morgan fingerprint density at radius 3 is 1.36 bits per heavy atom. The number of nitrogens with zero attached hydrogens (tertiary/aromatic N) is 8. The van der Waals surface area contributed by atoms with Gasteiger partial charge in [-0.1, -0.05) is 26.1 Å². The van der Waals surface area contributed by atoms with Gasteiger partial charge in [-0.05, 0) is 24.0 Å². The van der Waals surface area contributed by atoms with Crippen molar-refractivity contribution in [2.75, 3.05) is 102 Å². The maximum Gasteiger partial charge on any atom is 0.228 e. The topological polar surface area (TPSA) is 188 Å². The molecule has 294 valence electrons. The highest BCUT2D eigenvalue weighted by Gasteiger charge is 2.36. The number of benzene rings is 2. The number of hydrogen-bond acceptors (Lipinski definition) is 14. The van der Waals surface area contributed by atoms with E-state index in [0.717, 1.165) is 0 Å². The van der Waals surface area contributed by atoms with Crippen LogP contribution in [0.2, 0.25) is 5.31 Å². The van der Waals surface area contributed by atoms with Crippen LogP contribution in [0.5, 0.6) is 23.0 Å². The molecule has 0 aliphatic carbocycles. The molecule has 2 fully saturated rings. The molecule has 2 saturated heterocycles. The molecule has 16 nitrogen and oxygen atoms in total. The monoisotopic (exact) mass is 756 g/mol. The first-order chi connectivity index (χ1) is 26.1. The minimum Gasteiger partial charge on any atom is -0.493 e. The Balaban J connectivity index is 0.995. The molecule has 0 radical (unpaired) electrons. The minimum atomic E-state index is -0.313. The molecule has 2 amide bonds. The van der Waals surface area contributed by atoms with E-state index in [2.05, 4.69) is 48.4 Å². The van der Waals surface area contributed by atoms with Gasteiger partial charge in [0.05, 0.1) is 39.5 Å². The predicted octanol–water partition coefficient (Wildman–Crippen LogP) is 2.78. The lowest BCUT2D eigenvalue weighted by Crippen LogP contribution is -2.50. The number of ether oxygens (including phenoxy) is 4. The summed E-state index contributed by atoms with van der Waals surface area (Å²) in [6.45, 7) is 10.9. The zero-order valence-electron chi connectivity index (χ0n) is 33.3. The maximum absolute atomic E-state index is 13.6. The Morgan fingerprint density at radius 1 is 0.618 bits per heavy atom. The van der Waals surface area contributed by atoms with Gasteiger partial charge >= 0.3 is 0 Å². The SMILES string of the molecule is BC(C)(CC(=O)N1CCN(c2nc(N)c3cc(OC)c(OC)cc3n2)CC1)CC(C)(C)CC(=O)N1CCN(c2nc(N)c3cc(OC)c(OC)cc3n2)CC1. The van der Waals surface area contributed by atoms with Crippen molar-refractivity contribution in [1.82, 2.24) is 29.7 Å². The van der Waals surface area contributed by atoms with E-state index < -0.39 is 0 Å². The molecule has 0 bridgehead atoms. The first-order valence-electron chi connectivity index (χ1n) is 18.6. The van der Waals surface area contributed by atoms with E-state index in [4.69, 9.17) is 40.4 Å². The van der Waals surface area contributed by atoms with Crippen LogP contribution in [0.4, 0.5) is 23.5 Å². The summed E-state index contributed by atoms with van der Waals surface area (Å²) in [5.74, 6) is 4.20. The summed E-state index contributed by atoms with van der Waals surface area (Å²) in [4.78, 5) is 53.8. The standard InChI is InChI=1S/C38H53BN10O6/c1-37(2,20-31(50)46-8-12-48(13-9-46)35-42-25-18-29(54-6)27(52-4)16-23(25)33(40)44-35)22-38(3,39)21-32(51)47-10-14-49(15-11-47)36-43-26-19-30(55-7)28(53-5)17-24(26)34(41)45-36/h16-19H,8-15,20-22,39H2,1-7H3,(H2,40,42,44)(H2,41,43,45). The van der Waals surface area contributed by atoms with Gasteiger partial charge in [0.2, 0.25) is 23.7 Å². The number of methoxy groups -OCH3 is 4. The van der Waals surface area contributed by atoms with Gasteiger partial charge in [0.15, 0.2) is 23.0 Å². The van der Waals surface area contributed by atoms with Gasteiger partial charge in [0.1, 0.15) is 19.5 Å². The maximum atomic E-state index is 13.6. The molecule has 0 saturated carbocycles. The zero-order chi connectivity index (χ0) is 39.7. The van der Waals surface area contributed by atoms with Gasteiger partial charge < -0.3 is 50.0 Å². The fourth-order valence-electron chi connectivity index (χ4n) is 7.99. The van der Waals surface area contributed by atoms with Crippen molar-refractivity contribution < 1.29 is 28.5 Å². The minimum absolute atomic E-state index is 0.104. The van der Waals surface area contributed by atoms with Gasteiger partial charge in [-0.15, -0.1) is 0 Å². The third-order valence-corrected chi connectivity index (χ3v) is 10.5. The van der Waals surface area contributed by atoms with E-state index in [1.807, 2.05) is 9.80 Å². The van der Waals surface area contributed by atoms with Crippen LogP contribution in [0, 0.1) is 5.41 Å². The average molecular weight is 757 g/mol. The lowest BCUT2D eigenvalue weighted by molar-refractivity contribution is -0.133. The third kappa shape index (κ3) is 8.60. The van der Waals surface area contributed by atoms with Gasteiger partial charge in [-0.3, -0.25) is 9.59 Å². The molecule has 17 heteroatoms. The summed E-state index contributed by atoms with van der Waals surface area (Å²) in [6.07, 6.45) is 1.49. The third-order valence-electron chi connectivity index (χ3n) is 10.5. The molecular formula is C38H53BN10O6. The number of amides is 2. The average Bonchev–Trinajstić information content (AvgIpc) is 3.15. The lowest BCUT2D eigenvalue weighted by atomic mass is 9.59. The summed E-state index contributed by atoms with van der Waals surface area (Å²) >= 11 is 0. The molecule has 4 aromatic rings. The number of nitrogens with two attached hydrogens (primary N) is 2. The Kier molecular flexibility index (Phi) is 11.2. The van der Waals surface area contributed by atoms with E-state index in [-0.39, 0.29) is 22.5 Å². The molecule has 2 aliphatic rings. The molecule has 0 spiro atoms. The smallest absolute Gasteiger partial charge is 0.228 e. The highest BCUT2D eigenvalue weighted by molar-refractivity contribution is 6.16. The number of anilines is 4. The number of carbonyl (C=O) groups excluding carboxylic acids is 2. The molecule has 55 heavy (non-hydrogen) atoms. The Hall–Kier alpha value is -5.48. The highest BCUT2D eigenvalue weighted by atomic mass is 16.5. The molecule has 2 aliphatic heterocycles. The predicted molar refractivity (Wildman–Crippen MR) is 216 cm³/mol. The van der Waals surface area contributed by atoms with Crippen LogP contribution in [0.3, 0.4) is 0 Å². The molecule has 1 atom stereocenters. The van der Waals surface area contributed by atoms with Crippen LogP contribution in [0.25, 0.3) is 21.8 Å². The van der Waals surface area contributed by atoms with E-state index >= 15 is 0 Å². The first kappa shape index (κ1) is 39.2. The fourth-order valence-corrected chi connectivity index (χ4v) is 7.99. The number of carbonyl (C=O) groups is 2. The Morgan fingerprint density at radius 2 is 0.982 bits per heavy atom. The molecule has 2 aromatic carbocycles. The quantitative estimate of drug-likeness (QED) is 0.201. The van der Waals surface area contributed by atoms with Crippen molar-refractivity contribution in [3.8, 4) is 23.0 Å². The second kappa shape index (κ2) is 15.7. The van der Waals surface area contributed by atoms with Crippen molar-refractivity contribution in [3.63, 3.8) is 0 Å². The summed E-state index contributed by atoms with van der Waals surface area (Å²) in [5, 5.41) is 1.06.